The van der Waals surface area contributed by atoms with E-state index in [1.807, 2.05) is 18.2 Å². The third-order valence-corrected chi connectivity index (χ3v) is 4.70. The molecule has 7 heteroatoms. The number of sulfonamides is 1. The highest BCUT2D eigenvalue weighted by Crippen LogP contribution is 2.19. The predicted octanol–water partition coefficient (Wildman–Crippen LogP) is 2.61. The molecule has 0 aliphatic carbocycles. The van der Waals surface area contributed by atoms with Crippen molar-refractivity contribution in [2.75, 3.05) is 0 Å². The van der Waals surface area contributed by atoms with Crippen LogP contribution in [-0.2, 0) is 16.6 Å². The van der Waals surface area contributed by atoms with E-state index < -0.39 is 16.0 Å². The van der Waals surface area contributed by atoms with Crippen LogP contribution in [0.4, 0.5) is 0 Å². The van der Waals surface area contributed by atoms with Gasteiger partial charge in [-0.3, -0.25) is 0 Å². The van der Waals surface area contributed by atoms with Crippen molar-refractivity contribution in [3.63, 3.8) is 0 Å². The molecule has 0 aliphatic rings. The summed E-state index contributed by atoms with van der Waals surface area (Å²) in [6.07, 6.45) is 0. The van der Waals surface area contributed by atoms with E-state index in [9.17, 15) is 13.2 Å². The first-order valence-corrected chi connectivity index (χ1v) is 8.24. The van der Waals surface area contributed by atoms with E-state index in [1.54, 1.807) is 12.1 Å². The number of furan rings is 1. The molecule has 0 atom stereocenters. The number of para-hydroxylation sites is 1. The Morgan fingerprint density at radius 3 is 2.61 bits per heavy atom. The Labute approximate surface area is 132 Å². The van der Waals surface area contributed by atoms with E-state index in [2.05, 4.69) is 4.72 Å². The molecule has 0 unspecified atom stereocenters. The fourth-order valence-corrected chi connectivity index (χ4v) is 3.21. The van der Waals surface area contributed by atoms with Gasteiger partial charge in [-0.1, -0.05) is 24.3 Å². The van der Waals surface area contributed by atoms with E-state index in [4.69, 9.17) is 9.52 Å². The van der Waals surface area contributed by atoms with E-state index >= 15 is 0 Å². The van der Waals surface area contributed by atoms with Crippen LogP contribution >= 0.6 is 0 Å². The minimum Gasteiger partial charge on any atom is -0.478 e. The number of carbonyl (C=O) groups is 1. The van der Waals surface area contributed by atoms with Crippen molar-refractivity contribution in [2.24, 2.45) is 0 Å². The van der Waals surface area contributed by atoms with Crippen molar-refractivity contribution in [3.8, 4) is 0 Å². The summed E-state index contributed by atoms with van der Waals surface area (Å²) >= 11 is 0. The molecule has 6 nitrogen and oxygen atoms in total. The highest BCUT2D eigenvalue weighted by atomic mass is 32.2. The van der Waals surface area contributed by atoms with Gasteiger partial charge >= 0.3 is 5.97 Å². The summed E-state index contributed by atoms with van der Waals surface area (Å²) < 4.78 is 32.4. The van der Waals surface area contributed by atoms with Crippen LogP contribution in [0.15, 0.2) is 63.9 Å². The number of aromatic carboxylic acids is 1. The number of rotatable bonds is 5. The Bertz CT molecular complexity index is 942. The van der Waals surface area contributed by atoms with Crippen LogP contribution in [0.3, 0.4) is 0 Å². The van der Waals surface area contributed by atoms with Gasteiger partial charge in [0.05, 0.1) is 17.0 Å². The maximum atomic E-state index is 12.2. The largest absolute Gasteiger partial charge is 0.478 e. The molecule has 2 aromatic carbocycles. The molecule has 0 bridgehead atoms. The first-order valence-electron chi connectivity index (χ1n) is 6.76. The Hall–Kier alpha value is -2.64. The minimum absolute atomic E-state index is 0.0195. The molecule has 118 valence electrons. The van der Waals surface area contributed by atoms with Crippen LogP contribution in [0, 0.1) is 0 Å². The summed E-state index contributed by atoms with van der Waals surface area (Å²) in [5, 5.41) is 9.82. The van der Waals surface area contributed by atoms with Gasteiger partial charge in [-0.15, -0.1) is 0 Å². The summed E-state index contributed by atoms with van der Waals surface area (Å²) in [5.41, 5.74) is 0.589. The second-order valence-corrected chi connectivity index (χ2v) is 6.68. The number of fused-ring (bicyclic) bond motifs is 1. The molecule has 0 aliphatic heterocycles. The molecular weight excluding hydrogens is 318 g/mol. The number of hydrogen-bond acceptors (Lipinski definition) is 4. The molecule has 2 N–H and O–H groups in total. The van der Waals surface area contributed by atoms with Gasteiger partial charge in [-0.2, -0.15) is 0 Å². The van der Waals surface area contributed by atoms with Gasteiger partial charge in [-0.25, -0.2) is 17.9 Å². The first kappa shape index (κ1) is 15.3. The topological polar surface area (TPSA) is 96.6 Å². The maximum absolute atomic E-state index is 12.2. The van der Waals surface area contributed by atoms with Crippen LogP contribution in [0.5, 0.6) is 0 Å². The van der Waals surface area contributed by atoms with Gasteiger partial charge in [-0.05, 0) is 30.3 Å². The van der Waals surface area contributed by atoms with Gasteiger partial charge in [0.2, 0.25) is 10.0 Å². The van der Waals surface area contributed by atoms with Crippen LogP contribution in [0.1, 0.15) is 16.1 Å². The number of nitrogens with one attached hydrogen (secondary N) is 1. The number of benzene rings is 2. The first-order chi connectivity index (χ1) is 11.0. The van der Waals surface area contributed by atoms with E-state index in [1.165, 1.54) is 18.2 Å². The molecule has 1 heterocycles. The second kappa shape index (κ2) is 5.86. The average molecular weight is 331 g/mol. The number of carboxylic acids is 1. The Kier molecular flexibility index (Phi) is 3.89. The quantitative estimate of drug-likeness (QED) is 0.749. The summed E-state index contributed by atoms with van der Waals surface area (Å²) in [6, 6.07) is 14.3. The third-order valence-electron chi connectivity index (χ3n) is 3.30. The smallest absolute Gasteiger partial charge is 0.335 e. The highest BCUT2D eigenvalue weighted by molar-refractivity contribution is 7.89. The lowest BCUT2D eigenvalue weighted by Crippen LogP contribution is -2.23. The third kappa shape index (κ3) is 3.25. The molecule has 3 rings (SSSR count). The fourth-order valence-electron chi connectivity index (χ4n) is 2.17. The lowest BCUT2D eigenvalue weighted by Gasteiger charge is -2.06. The molecule has 0 saturated carbocycles. The van der Waals surface area contributed by atoms with E-state index in [0.717, 1.165) is 11.5 Å². The van der Waals surface area contributed by atoms with E-state index in [-0.39, 0.29) is 17.0 Å². The number of carboxylic acid groups (broad SMARTS) is 1. The van der Waals surface area contributed by atoms with Crippen molar-refractivity contribution in [3.05, 3.63) is 65.9 Å². The van der Waals surface area contributed by atoms with Crippen LogP contribution in [0.25, 0.3) is 11.0 Å². The Morgan fingerprint density at radius 1 is 1.09 bits per heavy atom. The lowest BCUT2D eigenvalue weighted by atomic mass is 10.2. The van der Waals surface area contributed by atoms with Crippen LogP contribution in [-0.4, -0.2) is 19.5 Å². The van der Waals surface area contributed by atoms with Crippen molar-refractivity contribution in [1.82, 2.24) is 4.72 Å². The van der Waals surface area contributed by atoms with Gasteiger partial charge in [0.25, 0.3) is 0 Å². The standard InChI is InChI=1S/C16H13NO5S/c18-16(19)12-5-3-6-14(9-12)23(20,21)17-10-13-8-11-4-1-2-7-15(11)22-13/h1-9,17H,10H2,(H,18,19). The van der Waals surface area contributed by atoms with Crippen LogP contribution < -0.4 is 4.72 Å². The summed E-state index contributed by atoms with van der Waals surface area (Å²) in [6.45, 7) is -0.0195. The fraction of sp³-hybridized carbons (Fsp3) is 0.0625. The summed E-state index contributed by atoms with van der Waals surface area (Å²) in [7, 11) is -3.83. The molecule has 0 radical (unpaired) electrons. The van der Waals surface area contributed by atoms with Crippen molar-refractivity contribution in [2.45, 2.75) is 11.4 Å². The Balaban J connectivity index is 1.81. The number of hydrogen-bond donors (Lipinski definition) is 2. The molecule has 0 spiro atoms. The molecule has 23 heavy (non-hydrogen) atoms. The molecular formula is C16H13NO5S. The van der Waals surface area contributed by atoms with Crippen molar-refractivity contribution >= 4 is 27.0 Å². The second-order valence-electron chi connectivity index (χ2n) is 4.91. The zero-order chi connectivity index (χ0) is 16.4. The van der Waals surface area contributed by atoms with Crippen molar-refractivity contribution in [1.29, 1.82) is 0 Å². The van der Waals surface area contributed by atoms with Gasteiger partial charge in [0, 0.05) is 5.39 Å². The van der Waals surface area contributed by atoms with Gasteiger partial charge < -0.3 is 9.52 Å². The molecule has 1 aromatic heterocycles. The highest BCUT2D eigenvalue weighted by Gasteiger charge is 2.16. The zero-order valence-electron chi connectivity index (χ0n) is 11.9. The summed E-state index contributed by atoms with van der Waals surface area (Å²) in [4.78, 5) is 10.8. The van der Waals surface area contributed by atoms with Crippen molar-refractivity contribution < 1.29 is 22.7 Å². The molecule has 0 amide bonds. The lowest BCUT2D eigenvalue weighted by molar-refractivity contribution is 0.0696. The molecule has 0 saturated heterocycles. The molecule has 3 aromatic rings. The minimum atomic E-state index is -3.83. The average Bonchev–Trinajstić information content (AvgIpc) is 2.96. The normalized spacial score (nSPS) is 11.7. The zero-order valence-corrected chi connectivity index (χ0v) is 12.7. The van der Waals surface area contributed by atoms with Gasteiger partial charge in [0.1, 0.15) is 11.3 Å². The van der Waals surface area contributed by atoms with Crippen LogP contribution in [0.2, 0.25) is 0 Å². The molecule has 0 fully saturated rings. The summed E-state index contributed by atoms with van der Waals surface area (Å²) in [5.74, 6) is -0.705. The SMILES string of the molecule is O=C(O)c1cccc(S(=O)(=O)NCc2cc3ccccc3o2)c1. The van der Waals surface area contributed by atoms with Gasteiger partial charge in [0.15, 0.2) is 0 Å². The monoisotopic (exact) mass is 331 g/mol. The van der Waals surface area contributed by atoms with E-state index in [0.29, 0.717) is 11.3 Å². The maximum Gasteiger partial charge on any atom is 0.335 e. The predicted molar refractivity (Wildman–Crippen MR) is 83.6 cm³/mol. The Morgan fingerprint density at radius 2 is 1.87 bits per heavy atom.